The van der Waals surface area contributed by atoms with Gasteiger partial charge in [0.05, 0.1) is 12.0 Å². The SMILES string of the molecule is CO[C@H](C)[C@H](NC(=O)C1CCCCC1NC(=O)OCC1c2ccccc2-c2ccccc21)C(=O)O. The number of alkyl carbamates (subject to hydrolysis) is 1. The lowest BCUT2D eigenvalue weighted by molar-refractivity contribution is -0.146. The predicted molar refractivity (Wildman–Crippen MR) is 130 cm³/mol. The number of carboxylic acids is 1. The van der Waals surface area contributed by atoms with E-state index in [1.165, 1.54) is 7.11 Å². The number of aliphatic carboxylic acids is 1. The monoisotopic (exact) mass is 480 g/mol. The summed E-state index contributed by atoms with van der Waals surface area (Å²) < 4.78 is 10.7. The average Bonchev–Trinajstić information content (AvgIpc) is 3.19. The minimum absolute atomic E-state index is 0.0505. The lowest BCUT2D eigenvalue weighted by Crippen LogP contribution is -2.54. The summed E-state index contributed by atoms with van der Waals surface area (Å²) in [6.07, 6.45) is 1.63. The molecule has 0 spiro atoms. The second-order valence-electron chi connectivity index (χ2n) is 9.23. The Hall–Kier alpha value is -3.39. The minimum atomic E-state index is -1.16. The normalized spacial score (nSPS) is 20.7. The molecular formula is C27H32N2O6. The molecular weight excluding hydrogens is 448 g/mol. The van der Waals surface area contributed by atoms with E-state index in [1.54, 1.807) is 6.92 Å². The van der Waals surface area contributed by atoms with Gasteiger partial charge in [-0.1, -0.05) is 61.4 Å². The highest BCUT2D eigenvalue weighted by atomic mass is 16.5. The second kappa shape index (κ2) is 10.9. The zero-order chi connectivity index (χ0) is 24.9. The summed E-state index contributed by atoms with van der Waals surface area (Å²) in [7, 11) is 1.40. The maximum absolute atomic E-state index is 12.9. The number of rotatable bonds is 8. The number of ether oxygens (including phenoxy) is 2. The molecule has 0 radical (unpaired) electrons. The van der Waals surface area contributed by atoms with Crippen molar-refractivity contribution in [2.45, 2.75) is 56.7 Å². The van der Waals surface area contributed by atoms with Crippen LogP contribution in [0.2, 0.25) is 0 Å². The van der Waals surface area contributed by atoms with Crippen LogP contribution in [0.25, 0.3) is 11.1 Å². The van der Waals surface area contributed by atoms with Crippen molar-refractivity contribution in [2.24, 2.45) is 5.92 Å². The van der Waals surface area contributed by atoms with Crippen LogP contribution in [0.1, 0.15) is 49.7 Å². The summed E-state index contributed by atoms with van der Waals surface area (Å²) in [5.74, 6) is -2.14. The van der Waals surface area contributed by atoms with Gasteiger partial charge in [0.25, 0.3) is 0 Å². The number of carbonyl (C=O) groups is 3. The molecule has 2 amide bonds. The Morgan fingerprint density at radius 3 is 2.20 bits per heavy atom. The summed E-state index contributed by atoms with van der Waals surface area (Å²) in [5.41, 5.74) is 4.56. The summed E-state index contributed by atoms with van der Waals surface area (Å²) in [6.45, 7) is 1.78. The fraction of sp³-hybridized carbons (Fsp3) is 0.444. The largest absolute Gasteiger partial charge is 0.480 e. The van der Waals surface area contributed by atoms with Gasteiger partial charge in [-0.3, -0.25) is 4.79 Å². The van der Waals surface area contributed by atoms with Gasteiger partial charge in [0.15, 0.2) is 6.04 Å². The van der Waals surface area contributed by atoms with Crippen LogP contribution in [0.3, 0.4) is 0 Å². The molecule has 3 N–H and O–H groups in total. The molecule has 1 saturated carbocycles. The number of benzene rings is 2. The van der Waals surface area contributed by atoms with Gasteiger partial charge in [0.2, 0.25) is 5.91 Å². The van der Waals surface area contributed by atoms with E-state index in [0.717, 1.165) is 35.1 Å². The zero-order valence-corrected chi connectivity index (χ0v) is 20.0. The van der Waals surface area contributed by atoms with Crippen LogP contribution in [0.5, 0.6) is 0 Å². The molecule has 0 aliphatic heterocycles. The smallest absolute Gasteiger partial charge is 0.407 e. The van der Waals surface area contributed by atoms with E-state index < -0.39 is 42.1 Å². The van der Waals surface area contributed by atoms with E-state index in [2.05, 4.69) is 34.9 Å². The Morgan fingerprint density at radius 2 is 1.60 bits per heavy atom. The lowest BCUT2D eigenvalue weighted by Gasteiger charge is -2.32. The molecule has 35 heavy (non-hydrogen) atoms. The summed E-state index contributed by atoms with van der Waals surface area (Å²) in [4.78, 5) is 37.3. The molecule has 186 valence electrons. The molecule has 8 nitrogen and oxygen atoms in total. The molecule has 2 aliphatic rings. The number of methoxy groups -OCH3 is 1. The molecule has 8 heteroatoms. The zero-order valence-electron chi connectivity index (χ0n) is 20.0. The lowest BCUT2D eigenvalue weighted by atomic mass is 9.83. The van der Waals surface area contributed by atoms with Crippen LogP contribution in [0, 0.1) is 5.92 Å². The predicted octanol–water partition coefficient (Wildman–Crippen LogP) is 3.69. The number of carbonyl (C=O) groups excluding carboxylic acids is 2. The van der Waals surface area contributed by atoms with E-state index in [4.69, 9.17) is 9.47 Å². The van der Waals surface area contributed by atoms with Crippen LogP contribution in [0.15, 0.2) is 48.5 Å². The molecule has 2 aliphatic carbocycles. The first-order chi connectivity index (χ1) is 16.9. The van der Waals surface area contributed by atoms with Crippen molar-refractivity contribution in [3.8, 4) is 11.1 Å². The number of nitrogens with one attached hydrogen (secondary N) is 2. The Labute approximate surface area is 205 Å². The first kappa shape index (κ1) is 24.7. The third-order valence-electron chi connectivity index (χ3n) is 7.15. The first-order valence-corrected chi connectivity index (χ1v) is 12.1. The van der Waals surface area contributed by atoms with Crippen molar-refractivity contribution in [2.75, 3.05) is 13.7 Å². The van der Waals surface area contributed by atoms with Gasteiger partial charge in [-0.2, -0.15) is 0 Å². The molecule has 2 aromatic rings. The van der Waals surface area contributed by atoms with Gasteiger partial charge in [0, 0.05) is 19.1 Å². The van der Waals surface area contributed by atoms with Crippen LogP contribution in [-0.4, -0.2) is 55.0 Å². The fourth-order valence-electron chi connectivity index (χ4n) is 5.19. The number of hydrogen-bond acceptors (Lipinski definition) is 5. The van der Waals surface area contributed by atoms with Crippen molar-refractivity contribution in [1.29, 1.82) is 0 Å². The number of amides is 2. The second-order valence-corrected chi connectivity index (χ2v) is 9.23. The fourth-order valence-corrected chi connectivity index (χ4v) is 5.19. The maximum atomic E-state index is 12.9. The van der Waals surface area contributed by atoms with Crippen molar-refractivity contribution in [1.82, 2.24) is 10.6 Å². The van der Waals surface area contributed by atoms with Crippen molar-refractivity contribution in [3.63, 3.8) is 0 Å². The van der Waals surface area contributed by atoms with Gasteiger partial charge in [-0.05, 0) is 42.0 Å². The van der Waals surface area contributed by atoms with E-state index in [1.807, 2.05) is 24.3 Å². The van der Waals surface area contributed by atoms with Gasteiger partial charge in [-0.25, -0.2) is 9.59 Å². The van der Waals surface area contributed by atoms with Crippen LogP contribution >= 0.6 is 0 Å². The molecule has 1 fully saturated rings. The summed E-state index contributed by atoms with van der Waals surface area (Å²) in [6, 6.07) is 14.7. The van der Waals surface area contributed by atoms with Gasteiger partial charge in [0.1, 0.15) is 6.61 Å². The summed E-state index contributed by atoms with van der Waals surface area (Å²) >= 11 is 0. The highest BCUT2D eigenvalue weighted by Gasteiger charge is 2.36. The van der Waals surface area contributed by atoms with Crippen LogP contribution < -0.4 is 10.6 Å². The van der Waals surface area contributed by atoms with Crippen molar-refractivity contribution < 1.29 is 29.0 Å². The van der Waals surface area contributed by atoms with Gasteiger partial charge < -0.3 is 25.2 Å². The molecule has 0 heterocycles. The Balaban J connectivity index is 1.39. The standard InChI is InChI=1S/C27H32N2O6/c1-16(34-2)24(26(31)32)29-25(30)21-13-7-8-14-23(21)28-27(33)35-15-22-19-11-5-3-9-17(19)18-10-4-6-12-20(18)22/h3-6,9-12,16,21-24H,7-8,13-15H2,1-2H3,(H,28,33)(H,29,30)(H,31,32)/t16-,21?,23?,24+/m1/s1. The number of carboxylic acid groups (broad SMARTS) is 1. The van der Waals surface area contributed by atoms with Crippen molar-refractivity contribution in [3.05, 3.63) is 59.7 Å². The summed E-state index contributed by atoms with van der Waals surface area (Å²) in [5, 5.41) is 14.9. The highest BCUT2D eigenvalue weighted by Crippen LogP contribution is 2.44. The topological polar surface area (TPSA) is 114 Å². The quantitative estimate of drug-likeness (QED) is 0.531. The molecule has 0 aromatic heterocycles. The third-order valence-corrected chi connectivity index (χ3v) is 7.15. The van der Waals surface area contributed by atoms with Crippen LogP contribution in [0.4, 0.5) is 4.79 Å². The number of hydrogen-bond donors (Lipinski definition) is 3. The van der Waals surface area contributed by atoms with Crippen LogP contribution in [-0.2, 0) is 19.1 Å². The molecule has 0 saturated heterocycles. The van der Waals surface area contributed by atoms with Crippen molar-refractivity contribution >= 4 is 18.0 Å². The van der Waals surface area contributed by atoms with E-state index in [0.29, 0.717) is 12.8 Å². The highest BCUT2D eigenvalue weighted by molar-refractivity contribution is 5.86. The molecule has 4 atom stereocenters. The molecule has 4 rings (SSSR count). The van der Waals surface area contributed by atoms with E-state index in [-0.39, 0.29) is 12.5 Å². The molecule has 2 aromatic carbocycles. The third kappa shape index (κ3) is 5.32. The minimum Gasteiger partial charge on any atom is -0.480 e. The van der Waals surface area contributed by atoms with E-state index in [9.17, 15) is 19.5 Å². The molecule has 0 bridgehead atoms. The number of fused-ring (bicyclic) bond motifs is 3. The van der Waals surface area contributed by atoms with E-state index >= 15 is 0 Å². The Bertz CT molecular complexity index is 1040. The first-order valence-electron chi connectivity index (χ1n) is 12.1. The Morgan fingerprint density at radius 1 is 1.00 bits per heavy atom. The Kier molecular flexibility index (Phi) is 7.70. The van der Waals surface area contributed by atoms with Gasteiger partial charge in [-0.15, -0.1) is 0 Å². The van der Waals surface area contributed by atoms with Gasteiger partial charge >= 0.3 is 12.1 Å². The average molecular weight is 481 g/mol. The molecule has 2 unspecified atom stereocenters. The maximum Gasteiger partial charge on any atom is 0.407 e.